The van der Waals surface area contributed by atoms with E-state index in [0.29, 0.717) is 17.3 Å². The predicted octanol–water partition coefficient (Wildman–Crippen LogP) is 3.51. The van der Waals surface area contributed by atoms with Crippen LogP contribution in [-0.2, 0) is 5.54 Å². The fourth-order valence-corrected chi connectivity index (χ4v) is 3.92. The van der Waals surface area contributed by atoms with Crippen LogP contribution in [0.25, 0.3) is 5.69 Å². The van der Waals surface area contributed by atoms with Gasteiger partial charge in [-0.05, 0) is 78.4 Å². The molecule has 0 unspecified atom stereocenters. The van der Waals surface area contributed by atoms with Crippen molar-refractivity contribution in [1.29, 1.82) is 0 Å². The highest BCUT2D eigenvalue weighted by Gasteiger charge is 2.42. The van der Waals surface area contributed by atoms with E-state index in [-0.39, 0.29) is 5.91 Å². The van der Waals surface area contributed by atoms with Crippen LogP contribution < -0.4 is 10.1 Å². The van der Waals surface area contributed by atoms with E-state index in [1.165, 1.54) is 0 Å². The third kappa shape index (κ3) is 3.85. The van der Waals surface area contributed by atoms with Crippen molar-refractivity contribution in [3.8, 4) is 11.4 Å². The van der Waals surface area contributed by atoms with Gasteiger partial charge < -0.3 is 10.1 Å². The molecule has 1 aromatic heterocycles. The molecule has 0 aliphatic heterocycles. The van der Waals surface area contributed by atoms with Crippen molar-refractivity contribution in [2.75, 3.05) is 7.11 Å². The van der Waals surface area contributed by atoms with Crippen LogP contribution in [0.1, 0.15) is 48.8 Å². The van der Waals surface area contributed by atoms with Gasteiger partial charge in [0.05, 0.1) is 12.8 Å². The summed E-state index contributed by atoms with van der Waals surface area (Å²) in [7, 11) is 1.63. The summed E-state index contributed by atoms with van der Waals surface area (Å²) in [4.78, 5) is 13.0. The Labute approximate surface area is 170 Å². The molecule has 1 saturated carbocycles. The lowest BCUT2D eigenvalue weighted by Gasteiger charge is -2.39. The van der Waals surface area contributed by atoms with E-state index in [2.05, 4.69) is 27.8 Å². The van der Waals surface area contributed by atoms with Gasteiger partial charge in [-0.3, -0.25) is 4.79 Å². The number of hydrogen-bond donors (Lipinski definition) is 1. The minimum atomic E-state index is -0.608. The average Bonchev–Trinajstić information content (AvgIpc) is 3.27. The molecule has 0 atom stereocenters. The number of benzene rings is 2. The van der Waals surface area contributed by atoms with Crippen LogP contribution in [0.2, 0.25) is 0 Å². The third-order valence-electron chi connectivity index (χ3n) is 5.73. The van der Waals surface area contributed by atoms with Crippen molar-refractivity contribution in [1.82, 2.24) is 25.5 Å². The van der Waals surface area contributed by atoms with Gasteiger partial charge in [0.2, 0.25) is 0 Å². The van der Waals surface area contributed by atoms with Crippen molar-refractivity contribution in [2.24, 2.45) is 5.92 Å². The molecule has 7 nitrogen and oxygen atoms in total. The van der Waals surface area contributed by atoms with Gasteiger partial charge in [0, 0.05) is 5.56 Å². The van der Waals surface area contributed by atoms with Crippen molar-refractivity contribution in [3.63, 3.8) is 0 Å². The molecule has 0 bridgehead atoms. The number of hydrogen-bond acceptors (Lipinski definition) is 5. The molecule has 1 N–H and O–H groups in total. The minimum absolute atomic E-state index is 0.107. The monoisotopic (exact) mass is 391 g/mol. The maximum atomic E-state index is 13.0. The van der Waals surface area contributed by atoms with Gasteiger partial charge in [-0.1, -0.05) is 25.1 Å². The van der Waals surface area contributed by atoms with Crippen LogP contribution in [0.15, 0.2) is 54.6 Å². The first kappa shape index (κ1) is 19.1. The van der Waals surface area contributed by atoms with Crippen LogP contribution in [-0.4, -0.2) is 33.2 Å². The Hall–Kier alpha value is -3.22. The zero-order valence-corrected chi connectivity index (χ0v) is 16.7. The van der Waals surface area contributed by atoms with E-state index in [1.807, 2.05) is 54.6 Å². The minimum Gasteiger partial charge on any atom is -0.497 e. The highest BCUT2D eigenvalue weighted by Crippen LogP contribution is 2.39. The van der Waals surface area contributed by atoms with Gasteiger partial charge in [0.25, 0.3) is 5.91 Å². The molecule has 7 heteroatoms. The predicted molar refractivity (Wildman–Crippen MR) is 109 cm³/mol. The number of rotatable bonds is 5. The second-order valence-corrected chi connectivity index (χ2v) is 7.70. The summed E-state index contributed by atoms with van der Waals surface area (Å²) in [5.41, 5.74) is 0.856. The van der Waals surface area contributed by atoms with Crippen molar-refractivity contribution in [2.45, 2.75) is 38.1 Å². The van der Waals surface area contributed by atoms with Gasteiger partial charge in [-0.15, -0.1) is 5.10 Å². The molecule has 4 rings (SSSR count). The van der Waals surface area contributed by atoms with Crippen LogP contribution in [0, 0.1) is 5.92 Å². The maximum absolute atomic E-state index is 13.0. The normalized spacial score (nSPS) is 21.5. The largest absolute Gasteiger partial charge is 0.497 e. The highest BCUT2D eigenvalue weighted by molar-refractivity contribution is 5.94. The number of amides is 1. The number of nitrogens with zero attached hydrogens (tertiary/aromatic N) is 4. The Morgan fingerprint density at radius 2 is 1.79 bits per heavy atom. The van der Waals surface area contributed by atoms with Crippen LogP contribution in [0.3, 0.4) is 0 Å². The Morgan fingerprint density at radius 1 is 1.10 bits per heavy atom. The van der Waals surface area contributed by atoms with Crippen LogP contribution in [0.4, 0.5) is 0 Å². The Bertz CT molecular complexity index is 960. The first-order valence-electron chi connectivity index (χ1n) is 9.92. The zero-order chi connectivity index (χ0) is 20.3. The molecule has 2 aromatic carbocycles. The molecule has 150 valence electrons. The van der Waals surface area contributed by atoms with E-state index in [9.17, 15) is 4.79 Å². The molecule has 0 radical (unpaired) electrons. The molecule has 1 heterocycles. The number of carbonyl (C=O) groups is 1. The number of ether oxygens (including phenoxy) is 1. The fraction of sp³-hybridized carbons (Fsp3) is 0.364. The first-order chi connectivity index (χ1) is 14.1. The van der Waals surface area contributed by atoms with Crippen molar-refractivity contribution >= 4 is 5.91 Å². The summed E-state index contributed by atoms with van der Waals surface area (Å²) in [5.74, 6) is 1.94. The number of carbonyl (C=O) groups excluding carboxylic acids is 1. The summed E-state index contributed by atoms with van der Waals surface area (Å²) in [6.45, 7) is 2.25. The Kier molecular flexibility index (Phi) is 5.29. The van der Waals surface area contributed by atoms with Crippen LogP contribution in [0.5, 0.6) is 5.75 Å². The molecule has 0 spiro atoms. The summed E-state index contributed by atoms with van der Waals surface area (Å²) in [6.07, 6.45) is 3.60. The molecule has 1 aliphatic carbocycles. The summed E-state index contributed by atoms with van der Waals surface area (Å²) < 4.78 is 6.97. The van der Waals surface area contributed by atoms with E-state index >= 15 is 0 Å². The molecule has 29 heavy (non-hydrogen) atoms. The van der Waals surface area contributed by atoms with E-state index in [0.717, 1.165) is 37.1 Å². The zero-order valence-electron chi connectivity index (χ0n) is 16.7. The highest BCUT2D eigenvalue weighted by atomic mass is 16.5. The van der Waals surface area contributed by atoms with Gasteiger partial charge in [-0.25, -0.2) is 0 Å². The number of aromatic nitrogens is 4. The molecule has 1 fully saturated rings. The lowest BCUT2D eigenvalue weighted by molar-refractivity contribution is 0.0836. The molecule has 3 aromatic rings. The molecular weight excluding hydrogens is 366 g/mol. The van der Waals surface area contributed by atoms with Gasteiger partial charge in [0.15, 0.2) is 5.82 Å². The first-order valence-corrected chi connectivity index (χ1v) is 9.92. The van der Waals surface area contributed by atoms with E-state index in [4.69, 9.17) is 4.74 Å². The number of tetrazole rings is 1. The summed E-state index contributed by atoms with van der Waals surface area (Å²) >= 11 is 0. The SMILES string of the molecule is COc1ccc(-n2nnnc2C2(NC(=O)c3ccccc3)CCC(C)CC2)cc1. The maximum Gasteiger partial charge on any atom is 0.252 e. The van der Waals surface area contributed by atoms with Crippen LogP contribution >= 0.6 is 0 Å². The lowest BCUT2D eigenvalue weighted by Crippen LogP contribution is -2.49. The van der Waals surface area contributed by atoms with Gasteiger partial charge >= 0.3 is 0 Å². The van der Waals surface area contributed by atoms with E-state index < -0.39 is 5.54 Å². The molecule has 1 aliphatic rings. The third-order valence-corrected chi connectivity index (χ3v) is 5.73. The standard InChI is InChI=1S/C22H25N5O2/c1-16-12-14-22(15-13-16,23-20(28)17-6-4-3-5-7-17)21-24-25-26-27(21)18-8-10-19(29-2)11-9-18/h3-11,16H,12-15H2,1-2H3,(H,23,28). The van der Waals surface area contributed by atoms with E-state index in [1.54, 1.807) is 11.8 Å². The second kappa shape index (κ2) is 8.03. The number of nitrogens with one attached hydrogen (secondary N) is 1. The smallest absolute Gasteiger partial charge is 0.252 e. The average molecular weight is 391 g/mol. The fourth-order valence-electron chi connectivity index (χ4n) is 3.92. The second-order valence-electron chi connectivity index (χ2n) is 7.70. The summed E-state index contributed by atoms with van der Waals surface area (Å²) in [6, 6.07) is 16.9. The lowest BCUT2D eigenvalue weighted by atomic mass is 9.76. The van der Waals surface area contributed by atoms with Gasteiger partial charge in [-0.2, -0.15) is 4.68 Å². The Morgan fingerprint density at radius 3 is 2.45 bits per heavy atom. The van der Waals surface area contributed by atoms with Crippen molar-refractivity contribution < 1.29 is 9.53 Å². The Balaban J connectivity index is 1.71. The van der Waals surface area contributed by atoms with Crippen molar-refractivity contribution in [3.05, 3.63) is 66.0 Å². The molecule has 0 saturated heterocycles. The topological polar surface area (TPSA) is 81.9 Å². The summed E-state index contributed by atoms with van der Waals surface area (Å²) in [5, 5.41) is 15.8. The quantitative estimate of drug-likeness (QED) is 0.720. The van der Waals surface area contributed by atoms with Gasteiger partial charge in [0.1, 0.15) is 11.3 Å². The molecule has 1 amide bonds. The number of methoxy groups -OCH3 is 1. The molecular formula is C22H25N5O2.